The first-order valence-corrected chi connectivity index (χ1v) is 7.25. The first-order chi connectivity index (χ1) is 10.6. The standard InChI is InChI=1S/C16H20FNO5/c1-15(2,3)23-14(21)16(6-7-22-9-16)18-13(20)10-4-5-12(19)11(17)8-10/h4-5,8,19H,6-7,9H2,1-3H3,(H,18,20)/t16-/m0/s1. The van der Waals surface area contributed by atoms with Gasteiger partial charge in [0.05, 0.1) is 6.61 Å². The van der Waals surface area contributed by atoms with Crippen LogP contribution in [0.25, 0.3) is 0 Å². The van der Waals surface area contributed by atoms with Crippen molar-refractivity contribution in [2.24, 2.45) is 0 Å². The maximum atomic E-state index is 13.4. The third-order valence-electron chi connectivity index (χ3n) is 3.37. The molecular formula is C16H20FNO5. The number of phenolic OH excluding ortho intramolecular Hbond substituents is 1. The Kier molecular flexibility index (Phi) is 4.61. The number of aromatic hydroxyl groups is 1. The summed E-state index contributed by atoms with van der Waals surface area (Å²) < 4.78 is 24.0. The number of phenols is 1. The van der Waals surface area contributed by atoms with Gasteiger partial charge in [0, 0.05) is 18.6 Å². The number of halogens is 1. The first-order valence-electron chi connectivity index (χ1n) is 7.25. The highest BCUT2D eigenvalue weighted by atomic mass is 19.1. The number of ether oxygens (including phenoxy) is 2. The Morgan fingerprint density at radius 3 is 2.61 bits per heavy atom. The van der Waals surface area contributed by atoms with Gasteiger partial charge in [0.2, 0.25) is 0 Å². The van der Waals surface area contributed by atoms with E-state index in [1.165, 1.54) is 6.07 Å². The molecule has 1 amide bonds. The van der Waals surface area contributed by atoms with Crippen molar-refractivity contribution in [2.45, 2.75) is 38.3 Å². The van der Waals surface area contributed by atoms with Gasteiger partial charge in [-0.1, -0.05) is 0 Å². The van der Waals surface area contributed by atoms with Gasteiger partial charge in [0.1, 0.15) is 5.60 Å². The van der Waals surface area contributed by atoms with Crippen LogP contribution in [-0.2, 0) is 14.3 Å². The molecule has 0 aromatic heterocycles. The number of rotatable bonds is 3. The molecule has 1 aliphatic rings. The largest absolute Gasteiger partial charge is 0.505 e. The molecule has 6 nitrogen and oxygen atoms in total. The highest BCUT2D eigenvalue weighted by Crippen LogP contribution is 2.24. The summed E-state index contributed by atoms with van der Waals surface area (Å²) in [6, 6.07) is 3.26. The summed E-state index contributed by atoms with van der Waals surface area (Å²) in [7, 11) is 0. The zero-order chi connectivity index (χ0) is 17.3. The highest BCUT2D eigenvalue weighted by Gasteiger charge is 2.46. The smallest absolute Gasteiger partial charge is 0.334 e. The normalized spacial score (nSPS) is 21.0. The number of carbonyl (C=O) groups excluding carboxylic acids is 2. The van der Waals surface area contributed by atoms with Crippen molar-refractivity contribution in [2.75, 3.05) is 13.2 Å². The Balaban J connectivity index is 2.20. The average molecular weight is 325 g/mol. The molecule has 0 radical (unpaired) electrons. The monoisotopic (exact) mass is 325 g/mol. The van der Waals surface area contributed by atoms with E-state index in [1.54, 1.807) is 20.8 Å². The van der Waals surface area contributed by atoms with E-state index in [0.29, 0.717) is 6.61 Å². The van der Waals surface area contributed by atoms with Crippen LogP contribution in [0.2, 0.25) is 0 Å². The zero-order valence-electron chi connectivity index (χ0n) is 13.3. The Bertz CT molecular complexity index is 617. The fourth-order valence-corrected chi connectivity index (χ4v) is 2.19. The molecule has 1 saturated heterocycles. The van der Waals surface area contributed by atoms with E-state index in [4.69, 9.17) is 9.47 Å². The molecule has 0 aliphatic carbocycles. The van der Waals surface area contributed by atoms with Crippen molar-refractivity contribution in [1.82, 2.24) is 5.32 Å². The van der Waals surface area contributed by atoms with Crippen LogP contribution in [0.1, 0.15) is 37.6 Å². The van der Waals surface area contributed by atoms with Crippen LogP contribution in [0.4, 0.5) is 4.39 Å². The molecule has 2 rings (SSSR count). The molecule has 1 atom stereocenters. The Morgan fingerprint density at radius 1 is 1.39 bits per heavy atom. The Hall–Kier alpha value is -2.15. The number of hydrogen-bond donors (Lipinski definition) is 2. The highest BCUT2D eigenvalue weighted by molar-refractivity contribution is 5.98. The van der Waals surface area contributed by atoms with Gasteiger partial charge in [0.15, 0.2) is 17.1 Å². The fourth-order valence-electron chi connectivity index (χ4n) is 2.19. The fraction of sp³-hybridized carbons (Fsp3) is 0.500. The molecule has 0 unspecified atom stereocenters. The molecule has 126 valence electrons. The summed E-state index contributed by atoms with van der Waals surface area (Å²) in [5.41, 5.74) is -2.00. The molecular weight excluding hydrogens is 305 g/mol. The summed E-state index contributed by atoms with van der Waals surface area (Å²) in [6.45, 7) is 5.49. The van der Waals surface area contributed by atoms with E-state index in [1.807, 2.05) is 0 Å². The van der Waals surface area contributed by atoms with Gasteiger partial charge in [-0.2, -0.15) is 0 Å². The summed E-state index contributed by atoms with van der Waals surface area (Å²) in [5, 5.41) is 11.8. The summed E-state index contributed by atoms with van der Waals surface area (Å²) in [5.74, 6) is -2.69. The number of carbonyl (C=O) groups is 2. The predicted octanol–water partition coefficient (Wildman–Crippen LogP) is 1.76. The quantitative estimate of drug-likeness (QED) is 0.827. The van der Waals surface area contributed by atoms with E-state index in [9.17, 15) is 19.1 Å². The Morgan fingerprint density at radius 2 is 2.09 bits per heavy atom. The molecule has 2 N–H and O–H groups in total. The van der Waals surface area contributed by atoms with Crippen molar-refractivity contribution in [3.8, 4) is 5.75 Å². The molecule has 7 heteroatoms. The number of amides is 1. The second kappa shape index (κ2) is 6.16. The molecule has 0 spiro atoms. The first kappa shape index (κ1) is 17.2. The van der Waals surface area contributed by atoms with Crippen LogP contribution in [0.5, 0.6) is 5.75 Å². The lowest BCUT2D eigenvalue weighted by molar-refractivity contribution is -0.162. The van der Waals surface area contributed by atoms with Gasteiger partial charge in [-0.15, -0.1) is 0 Å². The molecule has 1 fully saturated rings. The Labute approximate surface area is 133 Å². The summed E-state index contributed by atoms with van der Waals surface area (Å²) in [4.78, 5) is 24.8. The number of hydrogen-bond acceptors (Lipinski definition) is 5. The van der Waals surface area contributed by atoms with Crippen LogP contribution >= 0.6 is 0 Å². The van der Waals surface area contributed by atoms with E-state index in [0.717, 1.165) is 12.1 Å². The number of esters is 1. The number of benzene rings is 1. The molecule has 1 aromatic rings. The van der Waals surface area contributed by atoms with Gasteiger partial charge >= 0.3 is 5.97 Å². The van der Waals surface area contributed by atoms with Crippen LogP contribution < -0.4 is 5.32 Å². The minimum Gasteiger partial charge on any atom is -0.505 e. The molecule has 23 heavy (non-hydrogen) atoms. The third-order valence-corrected chi connectivity index (χ3v) is 3.37. The van der Waals surface area contributed by atoms with Crippen LogP contribution in [0, 0.1) is 5.82 Å². The minimum atomic E-state index is -1.29. The second-order valence-electron chi connectivity index (χ2n) is 6.51. The topological polar surface area (TPSA) is 84.9 Å². The van der Waals surface area contributed by atoms with Crippen molar-refractivity contribution in [3.05, 3.63) is 29.6 Å². The lowest BCUT2D eigenvalue weighted by Gasteiger charge is -2.30. The maximum absolute atomic E-state index is 13.4. The van der Waals surface area contributed by atoms with Gasteiger partial charge in [-0.3, -0.25) is 4.79 Å². The summed E-state index contributed by atoms with van der Waals surface area (Å²) in [6.07, 6.45) is 0.272. The van der Waals surface area contributed by atoms with Crippen molar-refractivity contribution in [3.63, 3.8) is 0 Å². The molecule has 1 aromatic carbocycles. The minimum absolute atomic E-state index is 0.00451. The van der Waals surface area contributed by atoms with Crippen molar-refractivity contribution >= 4 is 11.9 Å². The van der Waals surface area contributed by atoms with Gasteiger partial charge in [-0.05, 0) is 39.0 Å². The van der Waals surface area contributed by atoms with E-state index in [2.05, 4.69) is 5.32 Å². The van der Waals surface area contributed by atoms with Crippen LogP contribution in [0.15, 0.2) is 18.2 Å². The van der Waals surface area contributed by atoms with Gasteiger partial charge < -0.3 is 19.9 Å². The second-order valence-corrected chi connectivity index (χ2v) is 6.51. The maximum Gasteiger partial charge on any atom is 0.334 e. The van der Waals surface area contributed by atoms with Crippen LogP contribution in [-0.4, -0.2) is 41.3 Å². The molecule has 1 heterocycles. The van der Waals surface area contributed by atoms with Gasteiger partial charge in [0.25, 0.3) is 5.91 Å². The van der Waals surface area contributed by atoms with E-state index in [-0.39, 0.29) is 18.6 Å². The SMILES string of the molecule is CC(C)(C)OC(=O)[C@]1(NC(=O)c2ccc(O)c(F)c2)CCOC1. The van der Waals surface area contributed by atoms with Crippen LogP contribution in [0.3, 0.4) is 0 Å². The number of nitrogens with one attached hydrogen (secondary N) is 1. The average Bonchev–Trinajstić information content (AvgIpc) is 2.89. The van der Waals surface area contributed by atoms with Gasteiger partial charge in [-0.25, -0.2) is 9.18 Å². The molecule has 1 aliphatic heterocycles. The van der Waals surface area contributed by atoms with E-state index >= 15 is 0 Å². The van der Waals surface area contributed by atoms with Crippen molar-refractivity contribution in [1.29, 1.82) is 0 Å². The van der Waals surface area contributed by atoms with E-state index < -0.39 is 34.6 Å². The summed E-state index contributed by atoms with van der Waals surface area (Å²) >= 11 is 0. The molecule has 0 bridgehead atoms. The lowest BCUT2D eigenvalue weighted by atomic mass is 9.97. The van der Waals surface area contributed by atoms with Crippen molar-refractivity contribution < 1.29 is 28.6 Å². The lowest BCUT2D eigenvalue weighted by Crippen LogP contribution is -2.57. The molecule has 0 saturated carbocycles. The predicted molar refractivity (Wildman–Crippen MR) is 79.5 cm³/mol. The third kappa shape index (κ3) is 3.98. The zero-order valence-corrected chi connectivity index (χ0v) is 13.3.